The lowest BCUT2D eigenvalue weighted by atomic mass is 10.1. The summed E-state index contributed by atoms with van der Waals surface area (Å²) in [5.41, 5.74) is 3.36. The number of nitrogens with zero attached hydrogens (tertiary/aromatic N) is 3. The average molecular weight is 314 g/mol. The molecule has 0 saturated heterocycles. The first-order chi connectivity index (χ1) is 10.5. The Morgan fingerprint density at radius 3 is 2.77 bits per heavy atom. The second kappa shape index (κ2) is 5.69. The van der Waals surface area contributed by atoms with Crippen molar-refractivity contribution in [2.75, 3.05) is 5.32 Å². The molecule has 0 bridgehead atoms. The molecule has 2 aromatic heterocycles. The largest absolute Gasteiger partial charge is 0.328 e. The van der Waals surface area contributed by atoms with Crippen LogP contribution in [0.5, 0.6) is 0 Å². The van der Waals surface area contributed by atoms with Crippen LogP contribution in [0.25, 0.3) is 10.6 Å². The number of benzene rings is 1. The van der Waals surface area contributed by atoms with Gasteiger partial charge in [0.05, 0.1) is 6.20 Å². The topological polar surface area (TPSA) is 80.9 Å². The highest BCUT2D eigenvalue weighted by Crippen LogP contribution is 2.28. The summed E-state index contributed by atoms with van der Waals surface area (Å²) < 4.78 is 4.87. The van der Waals surface area contributed by atoms with Gasteiger partial charge in [-0.2, -0.15) is 4.98 Å². The third kappa shape index (κ3) is 2.89. The molecule has 6 nitrogen and oxygen atoms in total. The summed E-state index contributed by atoms with van der Waals surface area (Å²) in [7, 11) is 0. The van der Waals surface area contributed by atoms with Crippen LogP contribution < -0.4 is 5.32 Å². The van der Waals surface area contributed by atoms with Gasteiger partial charge in [0, 0.05) is 5.56 Å². The number of hydrogen-bond acceptors (Lipinski definition) is 6. The highest BCUT2D eigenvalue weighted by atomic mass is 32.1. The van der Waals surface area contributed by atoms with Crippen molar-refractivity contribution in [1.82, 2.24) is 15.1 Å². The number of nitrogens with one attached hydrogen (secondary N) is 1. The van der Waals surface area contributed by atoms with Crippen molar-refractivity contribution in [3.8, 4) is 10.6 Å². The summed E-state index contributed by atoms with van der Waals surface area (Å²) in [4.78, 5) is 20.9. The van der Waals surface area contributed by atoms with E-state index in [-0.39, 0.29) is 11.9 Å². The van der Waals surface area contributed by atoms with Crippen LogP contribution >= 0.6 is 11.3 Å². The maximum atomic E-state index is 12.1. The van der Waals surface area contributed by atoms with Crippen LogP contribution in [0, 0.1) is 20.8 Å². The lowest BCUT2D eigenvalue weighted by Gasteiger charge is -2.02. The molecule has 0 radical (unpaired) electrons. The second-order valence-electron chi connectivity index (χ2n) is 4.95. The molecule has 1 amide bonds. The Kier molecular flexibility index (Phi) is 3.72. The highest BCUT2D eigenvalue weighted by Gasteiger charge is 2.15. The van der Waals surface area contributed by atoms with Crippen molar-refractivity contribution in [1.29, 1.82) is 0 Å². The van der Waals surface area contributed by atoms with Gasteiger partial charge in [-0.25, -0.2) is 4.98 Å². The van der Waals surface area contributed by atoms with E-state index in [0.717, 1.165) is 16.1 Å². The maximum absolute atomic E-state index is 12.1. The van der Waals surface area contributed by atoms with Gasteiger partial charge in [-0.05, 0) is 26.3 Å². The van der Waals surface area contributed by atoms with Gasteiger partial charge in [0.2, 0.25) is 0 Å². The van der Waals surface area contributed by atoms with Crippen LogP contribution in [0.1, 0.15) is 26.6 Å². The van der Waals surface area contributed by atoms with Crippen LogP contribution in [0.2, 0.25) is 0 Å². The molecular weight excluding hydrogens is 300 g/mol. The van der Waals surface area contributed by atoms with Gasteiger partial charge in [-0.3, -0.25) is 10.1 Å². The fraction of sp³-hybridized carbons (Fsp3) is 0.200. The zero-order valence-corrected chi connectivity index (χ0v) is 13.2. The van der Waals surface area contributed by atoms with Gasteiger partial charge in [0.1, 0.15) is 9.88 Å². The molecule has 0 atom stereocenters. The molecule has 1 aromatic carbocycles. The molecule has 22 heavy (non-hydrogen) atoms. The predicted octanol–water partition coefficient (Wildman–Crippen LogP) is 3.37. The van der Waals surface area contributed by atoms with Gasteiger partial charge in [0.25, 0.3) is 5.91 Å². The van der Waals surface area contributed by atoms with Gasteiger partial charge in [-0.15, -0.1) is 11.3 Å². The number of carbonyl (C=O) groups is 1. The molecule has 0 aliphatic rings. The van der Waals surface area contributed by atoms with E-state index in [0.29, 0.717) is 10.7 Å². The third-order valence-electron chi connectivity index (χ3n) is 3.09. The highest BCUT2D eigenvalue weighted by molar-refractivity contribution is 7.17. The molecule has 7 heteroatoms. The zero-order valence-electron chi connectivity index (χ0n) is 12.4. The van der Waals surface area contributed by atoms with Crippen molar-refractivity contribution < 1.29 is 9.32 Å². The Morgan fingerprint density at radius 2 is 2.09 bits per heavy atom. The van der Waals surface area contributed by atoms with Gasteiger partial charge in [-0.1, -0.05) is 28.9 Å². The van der Waals surface area contributed by atoms with E-state index in [2.05, 4.69) is 26.5 Å². The fourth-order valence-corrected chi connectivity index (χ4v) is 2.97. The second-order valence-corrected chi connectivity index (χ2v) is 5.98. The van der Waals surface area contributed by atoms with Crippen molar-refractivity contribution in [2.45, 2.75) is 20.8 Å². The minimum absolute atomic E-state index is 0.0870. The predicted molar refractivity (Wildman–Crippen MR) is 84.0 cm³/mol. The molecule has 0 unspecified atom stereocenters. The standard InChI is InChI=1S/C15H14N4O2S/c1-8-4-5-11(9(2)6-8)14-16-7-12(22-14)13(20)18-15-17-10(3)19-21-15/h4-7H,1-3H3,(H,17,18,19,20). The van der Waals surface area contributed by atoms with Crippen molar-refractivity contribution >= 4 is 23.3 Å². The van der Waals surface area contributed by atoms with Crippen LogP contribution in [0.3, 0.4) is 0 Å². The molecule has 2 heterocycles. The van der Waals surface area contributed by atoms with E-state index in [9.17, 15) is 4.79 Å². The minimum atomic E-state index is -0.308. The Hall–Kier alpha value is -2.54. The van der Waals surface area contributed by atoms with Crippen LogP contribution in [-0.2, 0) is 0 Å². The Morgan fingerprint density at radius 1 is 1.27 bits per heavy atom. The number of rotatable bonds is 3. The summed E-state index contributed by atoms with van der Waals surface area (Å²) >= 11 is 1.33. The van der Waals surface area contributed by atoms with Gasteiger partial charge >= 0.3 is 6.01 Å². The number of aromatic nitrogens is 3. The smallest absolute Gasteiger partial charge is 0.315 e. The van der Waals surface area contributed by atoms with E-state index < -0.39 is 0 Å². The quantitative estimate of drug-likeness (QED) is 0.801. The first-order valence-electron chi connectivity index (χ1n) is 6.68. The number of anilines is 1. The molecule has 0 saturated carbocycles. The SMILES string of the molecule is Cc1ccc(-c2ncc(C(=O)Nc3nc(C)no3)s2)c(C)c1. The lowest BCUT2D eigenvalue weighted by molar-refractivity contribution is 0.102. The van der Waals surface area contributed by atoms with Gasteiger partial charge < -0.3 is 4.52 Å². The molecule has 0 fully saturated rings. The van der Waals surface area contributed by atoms with E-state index in [1.807, 2.05) is 26.0 Å². The molecule has 0 aliphatic heterocycles. The number of hydrogen-bond donors (Lipinski definition) is 1. The molecule has 3 aromatic rings. The molecule has 1 N–H and O–H groups in total. The van der Waals surface area contributed by atoms with E-state index in [1.165, 1.54) is 16.9 Å². The number of amides is 1. The van der Waals surface area contributed by atoms with Crippen LogP contribution in [0.4, 0.5) is 6.01 Å². The van der Waals surface area contributed by atoms with Crippen molar-refractivity contribution in [3.05, 3.63) is 46.2 Å². The lowest BCUT2D eigenvalue weighted by Crippen LogP contribution is -2.10. The summed E-state index contributed by atoms with van der Waals surface area (Å²) in [5, 5.41) is 6.99. The Labute approximate surface area is 131 Å². The van der Waals surface area contributed by atoms with Gasteiger partial charge in [0.15, 0.2) is 5.82 Å². The molecule has 3 rings (SSSR count). The van der Waals surface area contributed by atoms with E-state index >= 15 is 0 Å². The van der Waals surface area contributed by atoms with Crippen LogP contribution in [0.15, 0.2) is 28.9 Å². The van der Waals surface area contributed by atoms with E-state index in [1.54, 1.807) is 13.1 Å². The third-order valence-corrected chi connectivity index (χ3v) is 4.12. The average Bonchev–Trinajstić information content (AvgIpc) is 3.08. The monoisotopic (exact) mass is 314 g/mol. The first kappa shape index (κ1) is 14.4. The zero-order chi connectivity index (χ0) is 15.7. The maximum Gasteiger partial charge on any atom is 0.328 e. The molecule has 0 spiro atoms. The van der Waals surface area contributed by atoms with Crippen LogP contribution in [-0.4, -0.2) is 21.0 Å². The minimum Gasteiger partial charge on any atom is -0.315 e. The van der Waals surface area contributed by atoms with Crippen molar-refractivity contribution in [2.24, 2.45) is 0 Å². The van der Waals surface area contributed by atoms with Crippen molar-refractivity contribution in [3.63, 3.8) is 0 Å². The summed E-state index contributed by atoms with van der Waals surface area (Å²) in [6, 6.07) is 6.23. The molecule has 112 valence electrons. The number of aryl methyl sites for hydroxylation is 3. The summed E-state index contributed by atoms with van der Waals surface area (Å²) in [6.45, 7) is 5.76. The Balaban J connectivity index is 1.82. The van der Waals surface area contributed by atoms with E-state index in [4.69, 9.17) is 4.52 Å². The summed E-state index contributed by atoms with van der Waals surface area (Å²) in [5.74, 6) is 0.160. The molecular formula is C15H14N4O2S. The Bertz CT molecular complexity index is 838. The first-order valence-corrected chi connectivity index (χ1v) is 7.49. The fourth-order valence-electron chi connectivity index (χ4n) is 2.06. The number of thiazole rings is 1. The molecule has 0 aliphatic carbocycles. The summed E-state index contributed by atoms with van der Waals surface area (Å²) in [6.07, 6.45) is 1.55. The number of carbonyl (C=O) groups excluding carboxylic acids is 1. The normalized spacial score (nSPS) is 10.7.